The average molecular weight is 315 g/mol. The van der Waals surface area contributed by atoms with Crippen molar-refractivity contribution in [3.63, 3.8) is 0 Å². The van der Waals surface area contributed by atoms with Crippen LogP contribution in [0.15, 0.2) is 0 Å². The van der Waals surface area contributed by atoms with Crippen molar-refractivity contribution in [1.82, 2.24) is 0 Å². The van der Waals surface area contributed by atoms with Crippen LogP contribution in [0.1, 0.15) is 89.9 Å². The molecule has 0 aliphatic heterocycles. The standard InChI is InChI=1S/C18H35PS/c20-19-15-18(16-11-7-3-1-4-8-12-16)17-13-9-5-2-6-10-14-17/h16-18H,1-15,19H2. The molecular weight excluding hydrogens is 279 g/mol. The zero-order valence-corrected chi connectivity index (χ0v) is 15.3. The van der Waals surface area contributed by atoms with E-state index >= 15 is 0 Å². The van der Waals surface area contributed by atoms with Crippen LogP contribution in [0, 0.1) is 17.8 Å². The molecule has 0 nitrogen and oxygen atoms in total. The van der Waals surface area contributed by atoms with Crippen LogP contribution in [0.2, 0.25) is 0 Å². The number of rotatable bonds is 4. The highest BCUT2D eigenvalue weighted by atomic mass is 32.4. The smallest absolute Gasteiger partial charge is 0.0252 e. The minimum atomic E-state index is 0.291. The summed E-state index contributed by atoms with van der Waals surface area (Å²) in [4.78, 5) is 0. The van der Waals surface area contributed by atoms with Gasteiger partial charge in [-0.2, -0.15) is 0 Å². The molecule has 2 rings (SSSR count). The normalized spacial score (nSPS) is 25.4. The quantitative estimate of drug-likeness (QED) is 0.557. The fourth-order valence-corrected chi connectivity index (χ4v) is 6.37. The Morgan fingerprint density at radius 3 is 1.35 bits per heavy atom. The molecule has 0 bridgehead atoms. The summed E-state index contributed by atoms with van der Waals surface area (Å²) in [7, 11) is 0.291. The number of hydrogen-bond acceptors (Lipinski definition) is 1. The summed E-state index contributed by atoms with van der Waals surface area (Å²) in [5, 5.41) is 0. The molecule has 1 unspecified atom stereocenters. The highest BCUT2D eigenvalue weighted by Gasteiger charge is 2.28. The van der Waals surface area contributed by atoms with Crippen LogP contribution < -0.4 is 0 Å². The first kappa shape index (κ1) is 17.0. The Bertz CT molecular complexity index is 228. The highest BCUT2D eigenvalue weighted by molar-refractivity contribution is 7.96. The van der Waals surface area contributed by atoms with Crippen molar-refractivity contribution in [2.45, 2.75) is 89.9 Å². The lowest BCUT2D eigenvalue weighted by Crippen LogP contribution is -2.27. The van der Waals surface area contributed by atoms with Gasteiger partial charge in [0.05, 0.1) is 0 Å². The van der Waals surface area contributed by atoms with Crippen LogP contribution >= 0.6 is 7.36 Å². The van der Waals surface area contributed by atoms with Gasteiger partial charge in [-0.05, 0) is 23.9 Å². The summed E-state index contributed by atoms with van der Waals surface area (Å²) >= 11 is 5.47. The molecule has 2 saturated carbocycles. The van der Waals surface area contributed by atoms with E-state index in [0.29, 0.717) is 7.36 Å². The molecule has 2 heteroatoms. The molecular formula is C18H35PS. The van der Waals surface area contributed by atoms with Crippen molar-refractivity contribution in [3.05, 3.63) is 0 Å². The Balaban J connectivity index is 1.96. The van der Waals surface area contributed by atoms with Gasteiger partial charge in [0.25, 0.3) is 0 Å². The molecule has 0 heterocycles. The second-order valence-corrected chi connectivity index (χ2v) is 9.08. The van der Waals surface area contributed by atoms with Gasteiger partial charge in [-0.1, -0.05) is 97.2 Å². The van der Waals surface area contributed by atoms with Gasteiger partial charge in [0.2, 0.25) is 0 Å². The van der Waals surface area contributed by atoms with Crippen molar-refractivity contribution >= 4 is 19.2 Å². The summed E-state index contributed by atoms with van der Waals surface area (Å²) in [6.45, 7) is 0. The van der Waals surface area contributed by atoms with Gasteiger partial charge in [-0.3, -0.25) is 0 Å². The van der Waals surface area contributed by atoms with E-state index in [0.717, 1.165) is 17.8 Å². The molecule has 0 saturated heterocycles. The van der Waals surface area contributed by atoms with E-state index in [1.807, 2.05) is 0 Å². The van der Waals surface area contributed by atoms with Gasteiger partial charge in [0.1, 0.15) is 0 Å². The zero-order chi connectivity index (χ0) is 14.0. The number of hydrogen-bond donors (Lipinski definition) is 0. The predicted molar refractivity (Wildman–Crippen MR) is 97.1 cm³/mol. The van der Waals surface area contributed by atoms with E-state index in [9.17, 15) is 0 Å². The molecule has 0 amide bonds. The Morgan fingerprint density at radius 1 is 0.650 bits per heavy atom. The summed E-state index contributed by atoms with van der Waals surface area (Å²) in [5.74, 6) is 3.09. The minimum absolute atomic E-state index is 0.291. The van der Waals surface area contributed by atoms with Gasteiger partial charge in [0, 0.05) is 0 Å². The maximum absolute atomic E-state index is 5.47. The first-order valence-corrected chi connectivity index (χ1v) is 12.1. The highest BCUT2D eigenvalue weighted by Crippen LogP contribution is 2.39. The molecule has 0 aromatic rings. The van der Waals surface area contributed by atoms with Gasteiger partial charge in [0.15, 0.2) is 0 Å². The van der Waals surface area contributed by atoms with Crippen molar-refractivity contribution in [1.29, 1.82) is 0 Å². The summed E-state index contributed by atoms with van der Waals surface area (Å²) in [6, 6.07) is 0. The maximum atomic E-state index is 5.47. The van der Waals surface area contributed by atoms with E-state index in [1.165, 1.54) is 96.1 Å². The molecule has 0 aromatic carbocycles. The van der Waals surface area contributed by atoms with Gasteiger partial charge < -0.3 is 0 Å². The molecule has 2 fully saturated rings. The Hall–Kier alpha value is 0.650. The molecule has 0 aromatic heterocycles. The third kappa shape index (κ3) is 5.80. The van der Waals surface area contributed by atoms with E-state index in [-0.39, 0.29) is 0 Å². The first-order chi connectivity index (χ1) is 9.92. The molecule has 20 heavy (non-hydrogen) atoms. The van der Waals surface area contributed by atoms with Crippen molar-refractivity contribution in [3.8, 4) is 0 Å². The lowest BCUT2D eigenvalue weighted by molar-refractivity contribution is 0.181. The molecule has 2 aliphatic carbocycles. The maximum Gasteiger partial charge on any atom is -0.0252 e. The summed E-state index contributed by atoms with van der Waals surface area (Å²) in [6.07, 6.45) is 22.5. The van der Waals surface area contributed by atoms with Crippen LogP contribution in [-0.2, 0) is 11.8 Å². The second kappa shape index (κ2) is 10.4. The fourth-order valence-electron chi connectivity index (χ4n) is 4.71. The van der Waals surface area contributed by atoms with E-state index < -0.39 is 0 Å². The Kier molecular flexibility index (Phi) is 8.84. The average Bonchev–Trinajstić information content (AvgIpc) is 2.36. The van der Waals surface area contributed by atoms with Crippen molar-refractivity contribution in [2.75, 3.05) is 6.16 Å². The lowest BCUT2D eigenvalue weighted by atomic mass is 9.72. The fraction of sp³-hybridized carbons (Fsp3) is 1.00. The Morgan fingerprint density at radius 2 is 1.00 bits per heavy atom. The zero-order valence-electron chi connectivity index (χ0n) is 13.3. The van der Waals surface area contributed by atoms with Gasteiger partial charge in [-0.25, -0.2) is 0 Å². The van der Waals surface area contributed by atoms with Crippen LogP contribution in [0.25, 0.3) is 0 Å². The molecule has 0 spiro atoms. The van der Waals surface area contributed by atoms with Crippen LogP contribution in [0.3, 0.4) is 0 Å². The largest absolute Gasteiger partial charge is 0.104 e. The van der Waals surface area contributed by atoms with E-state index in [1.54, 1.807) is 0 Å². The topological polar surface area (TPSA) is 0 Å². The Labute approximate surface area is 133 Å². The third-order valence-corrected chi connectivity index (χ3v) is 7.19. The van der Waals surface area contributed by atoms with Gasteiger partial charge in [-0.15, -0.1) is 11.8 Å². The lowest BCUT2D eigenvalue weighted by Gasteiger charge is -2.35. The predicted octanol–water partition coefficient (Wildman–Crippen LogP) is 6.20. The molecule has 1 atom stereocenters. The molecule has 0 radical (unpaired) electrons. The molecule has 2 aliphatic rings. The SMILES string of the molecule is S=[PH2]CC(C1CCCCCCC1)C1CCCCCCC1. The van der Waals surface area contributed by atoms with E-state index in [4.69, 9.17) is 11.8 Å². The van der Waals surface area contributed by atoms with Crippen LogP contribution in [0.5, 0.6) is 0 Å². The van der Waals surface area contributed by atoms with Gasteiger partial charge >= 0.3 is 0 Å². The van der Waals surface area contributed by atoms with E-state index in [2.05, 4.69) is 0 Å². The monoisotopic (exact) mass is 314 g/mol. The molecule has 118 valence electrons. The van der Waals surface area contributed by atoms with Crippen molar-refractivity contribution < 1.29 is 0 Å². The second-order valence-electron chi connectivity index (χ2n) is 7.28. The summed E-state index contributed by atoms with van der Waals surface area (Å²) in [5.41, 5.74) is 0. The first-order valence-electron chi connectivity index (χ1n) is 9.35. The summed E-state index contributed by atoms with van der Waals surface area (Å²) < 4.78 is 0. The molecule has 0 N–H and O–H groups in total. The van der Waals surface area contributed by atoms with Crippen molar-refractivity contribution in [2.24, 2.45) is 17.8 Å². The third-order valence-electron chi connectivity index (χ3n) is 5.88. The minimum Gasteiger partial charge on any atom is -0.104 e. The van der Waals surface area contributed by atoms with Crippen LogP contribution in [0.4, 0.5) is 0 Å². The van der Waals surface area contributed by atoms with Crippen LogP contribution in [-0.4, -0.2) is 6.16 Å².